The van der Waals surface area contributed by atoms with Crippen LogP contribution in [0.4, 0.5) is 4.79 Å². The third-order valence-corrected chi connectivity index (χ3v) is 6.38. The van der Waals surface area contributed by atoms with Crippen molar-refractivity contribution in [3.63, 3.8) is 0 Å². The Morgan fingerprint density at radius 3 is 2.08 bits per heavy atom. The number of hydrogen-bond donors (Lipinski definition) is 1. The molecule has 26 heavy (non-hydrogen) atoms. The molecule has 0 aliphatic heterocycles. The Morgan fingerprint density at radius 1 is 1.00 bits per heavy atom. The van der Waals surface area contributed by atoms with Crippen LogP contribution >= 0.6 is 0 Å². The first-order valence-corrected chi connectivity index (χ1v) is 11.0. The van der Waals surface area contributed by atoms with E-state index in [1.54, 1.807) is 13.8 Å². The van der Waals surface area contributed by atoms with Crippen LogP contribution in [0.5, 0.6) is 0 Å². The fourth-order valence-electron chi connectivity index (χ4n) is 2.10. The molecular formula is C16H35NO8Si. The van der Waals surface area contributed by atoms with Gasteiger partial charge in [-0.2, -0.15) is 0 Å². The van der Waals surface area contributed by atoms with Crippen molar-refractivity contribution in [2.75, 3.05) is 40.3 Å². The first-order chi connectivity index (χ1) is 12.4. The van der Waals surface area contributed by atoms with Gasteiger partial charge in [-0.25, -0.2) is 4.79 Å². The first-order valence-electron chi connectivity index (χ1n) is 9.05. The molecule has 0 saturated heterocycles. The molecule has 1 N–H and O–H groups in total. The Hall–Kier alpha value is -0.753. The molecule has 10 heteroatoms. The van der Waals surface area contributed by atoms with E-state index in [0.29, 0.717) is 38.8 Å². The third kappa shape index (κ3) is 11.8. The Balaban J connectivity index is 4.01. The number of nitrogens with one attached hydrogen (secondary N) is 1. The number of amides is 1. The van der Waals surface area contributed by atoms with Gasteiger partial charge in [0.1, 0.15) is 0 Å². The van der Waals surface area contributed by atoms with Crippen molar-refractivity contribution < 1.29 is 37.0 Å². The number of rotatable bonds is 16. The molecule has 9 nitrogen and oxygen atoms in total. The number of methoxy groups -OCH3 is 1. The van der Waals surface area contributed by atoms with Gasteiger partial charge in [-0.05, 0) is 41.0 Å². The summed E-state index contributed by atoms with van der Waals surface area (Å²) in [6, 6.07) is 0.624. The lowest BCUT2D eigenvalue weighted by atomic mass is 10.5. The number of carbonyl (C=O) groups is 1. The summed E-state index contributed by atoms with van der Waals surface area (Å²) in [6.45, 7) is 11.0. The van der Waals surface area contributed by atoms with E-state index in [1.165, 1.54) is 7.11 Å². The summed E-state index contributed by atoms with van der Waals surface area (Å²) in [5, 5.41) is 2.66. The molecule has 0 saturated carbocycles. The van der Waals surface area contributed by atoms with E-state index in [-0.39, 0.29) is 6.79 Å². The highest BCUT2D eigenvalue weighted by Gasteiger charge is 2.39. The molecule has 156 valence electrons. The molecule has 2 unspecified atom stereocenters. The molecule has 0 aliphatic rings. The molecular weight excluding hydrogens is 362 g/mol. The zero-order valence-corrected chi connectivity index (χ0v) is 17.9. The van der Waals surface area contributed by atoms with Crippen molar-refractivity contribution in [3.8, 4) is 0 Å². The highest BCUT2D eigenvalue weighted by molar-refractivity contribution is 6.60. The van der Waals surface area contributed by atoms with Crippen LogP contribution in [0.2, 0.25) is 6.04 Å². The smallest absolute Gasteiger partial charge is 0.422 e. The second kappa shape index (κ2) is 15.3. The topological polar surface area (TPSA) is 93.7 Å². The molecule has 0 aromatic rings. The SMILES string of the molecule is CCO[Si](CCCNC(=O)OCOC(C)OC(C)OC)(OCC)OCC. The van der Waals surface area contributed by atoms with E-state index in [2.05, 4.69) is 5.32 Å². The Bertz CT molecular complexity index is 344. The summed E-state index contributed by atoms with van der Waals surface area (Å²) in [6.07, 6.45) is -0.849. The van der Waals surface area contributed by atoms with Crippen LogP contribution in [0.15, 0.2) is 0 Å². The zero-order valence-electron chi connectivity index (χ0n) is 16.9. The highest BCUT2D eigenvalue weighted by atomic mass is 28.4. The Kier molecular flexibility index (Phi) is 14.9. The van der Waals surface area contributed by atoms with Crippen molar-refractivity contribution >= 4 is 14.9 Å². The van der Waals surface area contributed by atoms with Gasteiger partial charge in [0.15, 0.2) is 19.4 Å². The highest BCUT2D eigenvalue weighted by Crippen LogP contribution is 2.17. The van der Waals surface area contributed by atoms with E-state index in [9.17, 15) is 4.79 Å². The van der Waals surface area contributed by atoms with E-state index < -0.39 is 27.5 Å². The third-order valence-electron chi connectivity index (χ3n) is 3.23. The quantitative estimate of drug-likeness (QED) is 0.241. The zero-order chi connectivity index (χ0) is 19.8. The molecule has 0 aliphatic carbocycles. The molecule has 0 bridgehead atoms. The van der Waals surface area contributed by atoms with Gasteiger partial charge < -0.3 is 37.5 Å². The molecule has 0 aromatic heterocycles. The molecule has 0 radical (unpaired) electrons. The summed E-state index contributed by atoms with van der Waals surface area (Å²) >= 11 is 0. The first kappa shape index (κ1) is 25.2. The number of carbonyl (C=O) groups excluding carboxylic acids is 1. The maximum atomic E-state index is 11.6. The molecule has 0 fully saturated rings. The van der Waals surface area contributed by atoms with E-state index in [0.717, 1.165) is 0 Å². The van der Waals surface area contributed by atoms with Gasteiger partial charge >= 0.3 is 14.9 Å². The van der Waals surface area contributed by atoms with Crippen LogP contribution in [0.25, 0.3) is 0 Å². The lowest BCUT2D eigenvalue weighted by molar-refractivity contribution is -0.241. The second-order valence-electron chi connectivity index (χ2n) is 5.24. The van der Waals surface area contributed by atoms with Crippen LogP contribution in [-0.2, 0) is 32.2 Å². The van der Waals surface area contributed by atoms with E-state index in [1.807, 2.05) is 20.8 Å². The van der Waals surface area contributed by atoms with Gasteiger partial charge in [-0.15, -0.1) is 0 Å². The van der Waals surface area contributed by atoms with Gasteiger partial charge in [0.25, 0.3) is 0 Å². The Labute approximate surface area is 157 Å². The minimum Gasteiger partial charge on any atom is -0.422 e. The average molecular weight is 398 g/mol. The van der Waals surface area contributed by atoms with Crippen molar-refractivity contribution in [3.05, 3.63) is 0 Å². The van der Waals surface area contributed by atoms with Crippen LogP contribution in [0, 0.1) is 0 Å². The number of alkyl carbamates (subject to hydrolysis) is 1. The normalized spacial score (nSPS) is 14.1. The summed E-state index contributed by atoms with van der Waals surface area (Å²) < 4.78 is 37.6. The van der Waals surface area contributed by atoms with Crippen molar-refractivity contribution in [2.24, 2.45) is 0 Å². The van der Waals surface area contributed by atoms with Gasteiger partial charge in [0.2, 0.25) is 0 Å². The van der Waals surface area contributed by atoms with Gasteiger partial charge in [-0.1, -0.05) is 0 Å². The number of ether oxygens (including phenoxy) is 4. The van der Waals surface area contributed by atoms with Crippen molar-refractivity contribution in [1.82, 2.24) is 5.32 Å². The fourth-order valence-corrected chi connectivity index (χ4v) is 4.71. The minimum absolute atomic E-state index is 0.209. The predicted octanol–water partition coefficient (Wildman–Crippen LogP) is 2.48. The lowest BCUT2D eigenvalue weighted by Crippen LogP contribution is -2.46. The summed E-state index contributed by atoms with van der Waals surface area (Å²) in [5.41, 5.74) is 0. The lowest BCUT2D eigenvalue weighted by Gasteiger charge is -2.28. The Morgan fingerprint density at radius 2 is 1.58 bits per heavy atom. The maximum Gasteiger partial charge on any atom is 0.500 e. The number of hydrogen-bond acceptors (Lipinski definition) is 8. The molecule has 2 atom stereocenters. The van der Waals surface area contributed by atoms with Crippen LogP contribution in [-0.4, -0.2) is 67.7 Å². The fraction of sp³-hybridized carbons (Fsp3) is 0.938. The molecule has 1 amide bonds. The second-order valence-corrected chi connectivity index (χ2v) is 7.97. The van der Waals surface area contributed by atoms with Crippen LogP contribution < -0.4 is 5.32 Å². The molecule has 0 spiro atoms. The predicted molar refractivity (Wildman–Crippen MR) is 97.5 cm³/mol. The van der Waals surface area contributed by atoms with Gasteiger partial charge in [0.05, 0.1) is 0 Å². The van der Waals surface area contributed by atoms with Crippen molar-refractivity contribution in [1.29, 1.82) is 0 Å². The summed E-state index contributed by atoms with van der Waals surface area (Å²) in [7, 11) is -1.14. The largest absolute Gasteiger partial charge is 0.500 e. The summed E-state index contributed by atoms with van der Waals surface area (Å²) in [5.74, 6) is 0. The van der Waals surface area contributed by atoms with Crippen LogP contribution in [0.1, 0.15) is 41.0 Å². The van der Waals surface area contributed by atoms with Crippen LogP contribution in [0.3, 0.4) is 0 Å². The van der Waals surface area contributed by atoms with Crippen molar-refractivity contribution in [2.45, 2.75) is 59.7 Å². The summed E-state index contributed by atoms with van der Waals surface area (Å²) in [4.78, 5) is 11.6. The monoisotopic (exact) mass is 397 g/mol. The maximum absolute atomic E-state index is 11.6. The molecule has 0 heterocycles. The van der Waals surface area contributed by atoms with Gasteiger partial charge in [-0.3, -0.25) is 0 Å². The average Bonchev–Trinajstić information content (AvgIpc) is 2.59. The molecule has 0 rings (SSSR count). The molecule has 0 aromatic carbocycles. The minimum atomic E-state index is -2.67. The standard InChI is InChI=1S/C16H35NO8Si/c1-7-22-26(23-8-2,24-9-3)12-10-11-17-16(18)21-13-20-15(5)25-14(4)19-6/h14-15H,7-13H2,1-6H3,(H,17,18). The van der Waals surface area contributed by atoms with E-state index in [4.69, 9.17) is 32.2 Å². The van der Waals surface area contributed by atoms with E-state index >= 15 is 0 Å². The van der Waals surface area contributed by atoms with Gasteiger partial charge in [0, 0.05) is 39.5 Å².